The van der Waals surface area contributed by atoms with Gasteiger partial charge in [0.15, 0.2) is 0 Å². The molecule has 0 radical (unpaired) electrons. The first-order valence-corrected chi connectivity index (χ1v) is 4.47. The molecule has 0 aliphatic heterocycles. The summed E-state index contributed by atoms with van der Waals surface area (Å²) >= 11 is 0. The van der Waals surface area contributed by atoms with Crippen molar-refractivity contribution in [2.75, 3.05) is 0 Å². The van der Waals surface area contributed by atoms with Gasteiger partial charge in [-0.2, -0.15) is 18.4 Å². The molecule has 0 unspecified atom stereocenters. The van der Waals surface area contributed by atoms with Crippen LogP contribution in [0.2, 0.25) is 0 Å². The molecule has 0 aromatic heterocycles. The third kappa shape index (κ3) is 2.32. The molecule has 0 N–H and O–H groups in total. The Bertz CT molecular complexity index is 440. The smallest absolute Gasteiger partial charge is 0.207 e. The molecule has 0 saturated heterocycles. The highest BCUT2D eigenvalue weighted by Gasteiger charge is 2.33. The lowest BCUT2D eigenvalue weighted by Crippen LogP contribution is -2.18. The summed E-state index contributed by atoms with van der Waals surface area (Å²) in [6.45, 7) is 2.73. The van der Waals surface area contributed by atoms with E-state index in [-0.39, 0.29) is 5.56 Å². The molecular weight excluding hydrogens is 222 g/mol. The number of hydrogen-bond acceptors (Lipinski definition) is 1. The van der Waals surface area contributed by atoms with Crippen molar-refractivity contribution in [1.29, 1.82) is 5.26 Å². The molecule has 0 spiro atoms. The molecule has 0 aliphatic carbocycles. The fourth-order valence-corrected chi connectivity index (χ4v) is 1.24. The highest BCUT2D eigenvalue weighted by atomic mass is 19.4. The zero-order valence-electron chi connectivity index (χ0n) is 8.69. The molecule has 0 fully saturated rings. The van der Waals surface area contributed by atoms with Crippen molar-refractivity contribution >= 4 is 0 Å². The van der Waals surface area contributed by atoms with Crippen molar-refractivity contribution in [1.82, 2.24) is 0 Å². The van der Waals surface area contributed by atoms with Gasteiger partial charge in [0, 0.05) is 5.56 Å². The van der Waals surface area contributed by atoms with E-state index in [1.54, 1.807) is 6.07 Å². The van der Waals surface area contributed by atoms with Gasteiger partial charge in [0.25, 0.3) is 0 Å². The molecular formula is C11H9F4N. The molecule has 5 heteroatoms. The number of rotatable bonds is 1. The fourth-order valence-electron chi connectivity index (χ4n) is 1.24. The fraction of sp³-hybridized carbons (Fsp3) is 0.364. The average Bonchev–Trinajstić information content (AvgIpc) is 2.16. The topological polar surface area (TPSA) is 23.8 Å². The molecule has 0 saturated carbocycles. The Morgan fingerprint density at radius 1 is 1.19 bits per heavy atom. The number of nitriles is 1. The summed E-state index contributed by atoms with van der Waals surface area (Å²) in [6.07, 6.45) is -4.53. The summed E-state index contributed by atoms with van der Waals surface area (Å²) in [6, 6.07) is 3.84. The van der Waals surface area contributed by atoms with Crippen LogP contribution in [0.3, 0.4) is 0 Å². The van der Waals surface area contributed by atoms with Gasteiger partial charge in [0.1, 0.15) is 5.82 Å². The minimum Gasteiger partial charge on any atom is -0.207 e. The van der Waals surface area contributed by atoms with Crippen LogP contribution < -0.4 is 0 Å². The summed E-state index contributed by atoms with van der Waals surface area (Å²) in [5.41, 5.74) is -2.48. The number of nitrogens with zero attached hydrogens (tertiary/aromatic N) is 1. The quantitative estimate of drug-likeness (QED) is 0.677. The van der Waals surface area contributed by atoms with E-state index in [2.05, 4.69) is 0 Å². The average molecular weight is 231 g/mol. The third-order valence-electron chi connectivity index (χ3n) is 2.25. The van der Waals surface area contributed by atoms with Crippen molar-refractivity contribution in [2.45, 2.75) is 25.4 Å². The van der Waals surface area contributed by atoms with E-state index in [0.29, 0.717) is 12.1 Å². The van der Waals surface area contributed by atoms with Crippen LogP contribution in [0.5, 0.6) is 0 Å². The number of alkyl halides is 3. The second-order valence-corrected chi connectivity index (χ2v) is 3.93. The predicted octanol–water partition coefficient (Wildman–Crippen LogP) is 3.65. The molecule has 0 heterocycles. The lowest BCUT2D eigenvalue weighted by molar-refractivity contribution is -0.137. The van der Waals surface area contributed by atoms with Gasteiger partial charge in [0.2, 0.25) is 0 Å². The largest absolute Gasteiger partial charge is 0.416 e. The first kappa shape index (κ1) is 12.5. The zero-order valence-corrected chi connectivity index (χ0v) is 8.69. The maximum atomic E-state index is 13.3. The second kappa shape index (κ2) is 3.78. The molecule has 0 amide bonds. The maximum absolute atomic E-state index is 13.3. The van der Waals surface area contributed by atoms with Crippen LogP contribution in [0.4, 0.5) is 17.6 Å². The minimum atomic E-state index is -4.53. The lowest BCUT2D eigenvalue weighted by Gasteiger charge is -2.18. The van der Waals surface area contributed by atoms with Crippen molar-refractivity contribution in [2.24, 2.45) is 0 Å². The zero-order chi connectivity index (χ0) is 12.6. The highest BCUT2D eigenvalue weighted by Crippen LogP contribution is 2.33. The van der Waals surface area contributed by atoms with Gasteiger partial charge < -0.3 is 0 Å². The Morgan fingerprint density at radius 3 is 2.19 bits per heavy atom. The molecule has 1 aromatic carbocycles. The van der Waals surface area contributed by atoms with Crippen molar-refractivity contribution in [3.05, 3.63) is 35.1 Å². The molecule has 16 heavy (non-hydrogen) atoms. The van der Waals surface area contributed by atoms with Crippen LogP contribution in [0.25, 0.3) is 0 Å². The summed E-state index contributed by atoms with van der Waals surface area (Å²) in [7, 11) is 0. The van der Waals surface area contributed by atoms with Gasteiger partial charge in [-0.25, -0.2) is 4.39 Å². The molecule has 1 rings (SSSR count). The molecule has 1 aromatic rings. The normalized spacial score (nSPS) is 12.3. The molecule has 0 aliphatic rings. The SMILES string of the molecule is CC(C)(C#N)c1cc(C(F)(F)F)ccc1F. The highest BCUT2D eigenvalue weighted by molar-refractivity contribution is 5.36. The first-order chi connectivity index (χ1) is 7.18. The van der Waals surface area contributed by atoms with E-state index in [9.17, 15) is 17.6 Å². The number of hydrogen-bond donors (Lipinski definition) is 0. The van der Waals surface area contributed by atoms with Gasteiger partial charge in [-0.3, -0.25) is 0 Å². The van der Waals surface area contributed by atoms with Crippen LogP contribution in [0, 0.1) is 17.1 Å². The summed E-state index contributed by atoms with van der Waals surface area (Å²) < 4.78 is 50.5. The van der Waals surface area contributed by atoms with E-state index < -0.39 is 23.0 Å². The summed E-state index contributed by atoms with van der Waals surface area (Å²) in [5, 5.41) is 8.77. The molecule has 86 valence electrons. The van der Waals surface area contributed by atoms with E-state index in [1.165, 1.54) is 13.8 Å². The van der Waals surface area contributed by atoms with Gasteiger partial charge in [-0.05, 0) is 32.0 Å². The van der Waals surface area contributed by atoms with Crippen LogP contribution >= 0.6 is 0 Å². The summed E-state index contributed by atoms with van der Waals surface area (Å²) in [4.78, 5) is 0. The first-order valence-electron chi connectivity index (χ1n) is 4.47. The molecule has 1 nitrogen and oxygen atoms in total. The van der Waals surface area contributed by atoms with E-state index >= 15 is 0 Å². The van der Waals surface area contributed by atoms with Crippen LogP contribution in [0.15, 0.2) is 18.2 Å². The van der Waals surface area contributed by atoms with Gasteiger partial charge in [-0.1, -0.05) is 0 Å². The minimum absolute atomic E-state index is 0.246. The Labute approximate surface area is 90.3 Å². The monoisotopic (exact) mass is 231 g/mol. The van der Waals surface area contributed by atoms with Gasteiger partial charge >= 0.3 is 6.18 Å². The van der Waals surface area contributed by atoms with Crippen LogP contribution in [0.1, 0.15) is 25.0 Å². The van der Waals surface area contributed by atoms with E-state index in [4.69, 9.17) is 5.26 Å². The molecule has 0 bridgehead atoms. The maximum Gasteiger partial charge on any atom is 0.416 e. The van der Waals surface area contributed by atoms with Gasteiger partial charge in [-0.15, -0.1) is 0 Å². The predicted molar refractivity (Wildman–Crippen MR) is 50.0 cm³/mol. The van der Waals surface area contributed by atoms with Crippen molar-refractivity contribution in [3.63, 3.8) is 0 Å². The van der Waals surface area contributed by atoms with Crippen molar-refractivity contribution in [3.8, 4) is 6.07 Å². The summed E-state index contributed by atoms with van der Waals surface area (Å²) in [5.74, 6) is -0.806. The molecule has 0 atom stereocenters. The van der Waals surface area contributed by atoms with Gasteiger partial charge in [0.05, 0.1) is 17.0 Å². The lowest BCUT2D eigenvalue weighted by atomic mass is 9.85. The van der Waals surface area contributed by atoms with Crippen molar-refractivity contribution < 1.29 is 17.6 Å². The van der Waals surface area contributed by atoms with E-state index in [1.807, 2.05) is 0 Å². The number of halogens is 4. The second-order valence-electron chi connectivity index (χ2n) is 3.93. The third-order valence-corrected chi connectivity index (χ3v) is 2.25. The Hall–Kier alpha value is -1.57. The van der Waals surface area contributed by atoms with Crippen LogP contribution in [-0.4, -0.2) is 0 Å². The standard InChI is InChI=1S/C11H9F4N/c1-10(2,6-16)8-5-7(11(13,14)15)3-4-9(8)12/h3-5H,1-2H3. The van der Waals surface area contributed by atoms with Crippen LogP contribution in [-0.2, 0) is 11.6 Å². The Balaban J connectivity index is 3.37. The van der Waals surface area contributed by atoms with E-state index in [0.717, 1.165) is 6.07 Å². The Morgan fingerprint density at radius 2 is 1.75 bits per heavy atom. The Kier molecular flexibility index (Phi) is 2.95. The number of benzene rings is 1.